The number of carbonyl (C=O) groups is 1. The van der Waals surface area contributed by atoms with Gasteiger partial charge in [-0.15, -0.1) is 45.3 Å². The molecule has 0 unspecified atom stereocenters. The van der Waals surface area contributed by atoms with Crippen molar-refractivity contribution in [3.63, 3.8) is 0 Å². The molecule has 0 spiro atoms. The number of fused-ring (bicyclic) bond motifs is 3. The van der Waals surface area contributed by atoms with Gasteiger partial charge in [0.1, 0.15) is 4.88 Å². The molecular formula is C38H33FOS4. The van der Waals surface area contributed by atoms with E-state index in [1.807, 2.05) is 41.7 Å². The largest absolute Gasteiger partial charge is 0.293 e. The van der Waals surface area contributed by atoms with E-state index in [0.29, 0.717) is 16.7 Å². The Balaban J connectivity index is 1.35. The van der Waals surface area contributed by atoms with E-state index in [1.54, 1.807) is 22.7 Å². The van der Waals surface area contributed by atoms with E-state index in [2.05, 4.69) is 63.2 Å². The van der Waals surface area contributed by atoms with Gasteiger partial charge in [0, 0.05) is 35.8 Å². The average Bonchev–Trinajstić information content (AvgIpc) is 3.84. The maximum atomic E-state index is 16.2. The number of unbranched alkanes of at least 4 members (excludes halogenated alkanes) is 4. The van der Waals surface area contributed by atoms with Crippen molar-refractivity contribution in [1.82, 2.24) is 0 Å². The number of aryl methyl sites for hydroxylation is 2. The zero-order valence-electron chi connectivity index (χ0n) is 25.1. The first-order chi connectivity index (χ1) is 21.5. The lowest BCUT2D eigenvalue weighted by molar-refractivity contribution is 0.0979. The van der Waals surface area contributed by atoms with E-state index < -0.39 is 0 Å². The molecule has 0 saturated carbocycles. The number of rotatable bonds is 10. The van der Waals surface area contributed by atoms with Crippen LogP contribution < -0.4 is 0 Å². The van der Waals surface area contributed by atoms with Crippen LogP contribution in [0.2, 0.25) is 0 Å². The Kier molecular flexibility index (Phi) is 8.27. The zero-order chi connectivity index (χ0) is 30.4. The van der Waals surface area contributed by atoms with E-state index in [9.17, 15) is 4.79 Å². The summed E-state index contributed by atoms with van der Waals surface area (Å²) in [7, 11) is 0. The lowest BCUT2D eigenvalue weighted by Gasteiger charge is -2.03. The molecule has 0 aliphatic rings. The van der Waals surface area contributed by atoms with Gasteiger partial charge in [-0.25, -0.2) is 4.39 Å². The average molecular weight is 653 g/mol. The van der Waals surface area contributed by atoms with Crippen LogP contribution in [0.15, 0.2) is 72.8 Å². The van der Waals surface area contributed by atoms with Gasteiger partial charge >= 0.3 is 0 Å². The lowest BCUT2D eigenvalue weighted by atomic mass is 10.0. The molecule has 44 heavy (non-hydrogen) atoms. The molecule has 0 saturated heterocycles. The normalized spacial score (nSPS) is 11.8. The number of hydrogen-bond donors (Lipinski definition) is 0. The number of hydrogen-bond acceptors (Lipinski definition) is 5. The molecule has 4 heterocycles. The third-order valence-corrected chi connectivity index (χ3v) is 13.8. The molecule has 0 atom stereocenters. The molecular weight excluding hydrogens is 620 g/mol. The van der Waals surface area contributed by atoms with Gasteiger partial charge in [0.2, 0.25) is 0 Å². The highest BCUT2D eigenvalue weighted by atomic mass is 32.1. The standard InChI is InChI=1S/C38H33FOS4/c1-4-5-6-7-14-19-28(40)36-32(39)31-35(25-17-12-9-13-18-25)43-37(38(31)44-36)30-21-27-23(3)33-26(22(2)34(27)42-30)20-29(41-33)24-15-10-8-11-16-24/h8-13,15-18,20-21H,4-7,14,19H2,1-3H3. The predicted octanol–water partition coefficient (Wildman–Crippen LogP) is 13.7. The monoisotopic (exact) mass is 652 g/mol. The van der Waals surface area contributed by atoms with Crippen LogP contribution in [0.5, 0.6) is 0 Å². The first kappa shape index (κ1) is 29.5. The van der Waals surface area contributed by atoms with E-state index in [-0.39, 0.29) is 11.6 Å². The summed E-state index contributed by atoms with van der Waals surface area (Å²) in [5.74, 6) is -0.403. The van der Waals surface area contributed by atoms with Crippen LogP contribution in [-0.2, 0) is 0 Å². The molecule has 4 aromatic heterocycles. The van der Waals surface area contributed by atoms with Crippen molar-refractivity contribution in [3.8, 4) is 30.6 Å². The van der Waals surface area contributed by atoms with Crippen molar-refractivity contribution in [3.05, 3.63) is 94.6 Å². The van der Waals surface area contributed by atoms with E-state index in [0.717, 1.165) is 50.6 Å². The summed E-state index contributed by atoms with van der Waals surface area (Å²) in [6.07, 6.45) is 5.72. The molecule has 0 bridgehead atoms. The van der Waals surface area contributed by atoms with Crippen LogP contribution in [0.4, 0.5) is 4.39 Å². The Bertz CT molecular complexity index is 2070. The van der Waals surface area contributed by atoms with Gasteiger partial charge in [-0.3, -0.25) is 4.79 Å². The Morgan fingerprint density at radius 3 is 1.91 bits per heavy atom. The minimum atomic E-state index is -0.340. The summed E-state index contributed by atoms with van der Waals surface area (Å²) < 4.78 is 19.8. The number of carbonyl (C=O) groups excluding carboxylic acids is 1. The van der Waals surface area contributed by atoms with Gasteiger partial charge in [-0.2, -0.15) is 0 Å². The Morgan fingerprint density at radius 1 is 0.659 bits per heavy atom. The smallest absolute Gasteiger partial charge is 0.175 e. The Hall–Kier alpha value is -3.16. The Morgan fingerprint density at radius 2 is 1.25 bits per heavy atom. The fourth-order valence-corrected chi connectivity index (χ4v) is 11.4. The van der Waals surface area contributed by atoms with Crippen LogP contribution >= 0.6 is 45.3 Å². The van der Waals surface area contributed by atoms with Crippen molar-refractivity contribution >= 4 is 81.4 Å². The number of Topliss-reactive ketones (excluding diaryl/α,β-unsaturated/α-hetero) is 1. The first-order valence-electron chi connectivity index (χ1n) is 15.3. The van der Waals surface area contributed by atoms with Gasteiger partial charge in [0.15, 0.2) is 11.6 Å². The molecule has 0 aliphatic carbocycles. The Labute approximate surface area is 273 Å². The molecule has 7 rings (SSSR count). The maximum Gasteiger partial charge on any atom is 0.175 e. The SMILES string of the molecule is CCCCCCCC(=O)c1sc2c(-c3cc4c(C)c5sc(-c6ccccc6)cc5c(C)c4s3)sc(-c3ccccc3)c2c1F. The quantitative estimate of drug-likeness (QED) is 0.106. The number of ketones is 1. The molecule has 6 heteroatoms. The number of halogens is 1. The van der Waals surface area contributed by atoms with Crippen molar-refractivity contribution < 1.29 is 9.18 Å². The second-order valence-corrected chi connectivity index (χ2v) is 15.6. The summed E-state index contributed by atoms with van der Waals surface area (Å²) in [4.78, 5) is 18.0. The number of benzene rings is 3. The van der Waals surface area contributed by atoms with Crippen LogP contribution in [0.3, 0.4) is 0 Å². The van der Waals surface area contributed by atoms with Crippen molar-refractivity contribution in [1.29, 1.82) is 0 Å². The van der Waals surface area contributed by atoms with Crippen LogP contribution in [-0.4, -0.2) is 5.78 Å². The minimum Gasteiger partial charge on any atom is -0.293 e. The molecule has 7 aromatic rings. The molecule has 3 aromatic carbocycles. The summed E-state index contributed by atoms with van der Waals surface area (Å²) in [6.45, 7) is 6.64. The van der Waals surface area contributed by atoms with Crippen LogP contribution in [0.25, 0.3) is 60.9 Å². The van der Waals surface area contributed by atoms with Crippen molar-refractivity contribution in [2.24, 2.45) is 0 Å². The third kappa shape index (κ3) is 5.16. The molecule has 0 fully saturated rings. The second kappa shape index (κ2) is 12.3. The van der Waals surface area contributed by atoms with Crippen molar-refractivity contribution in [2.45, 2.75) is 59.3 Å². The van der Waals surface area contributed by atoms with Gasteiger partial charge < -0.3 is 0 Å². The summed E-state index contributed by atoms with van der Waals surface area (Å²) in [5, 5.41) is 3.18. The topological polar surface area (TPSA) is 17.1 Å². The lowest BCUT2D eigenvalue weighted by Crippen LogP contribution is -1.98. The summed E-state index contributed by atoms with van der Waals surface area (Å²) >= 11 is 6.66. The summed E-state index contributed by atoms with van der Waals surface area (Å²) in [6, 6.07) is 25.3. The molecule has 0 N–H and O–H groups in total. The second-order valence-electron chi connectivity index (χ2n) is 11.5. The maximum absolute atomic E-state index is 16.2. The predicted molar refractivity (Wildman–Crippen MR) is 194 cm³/mol. The molecule has 0 radical (unpaired) electrons. The van der Waals surface area contributed by atoms with Gasteiger partial charge in [-0.05, 0) is 65.4 Å². The number of thiophene rings is 4. The van der Waals surface area contributed by atoms with E-state index >= 15 is 4.39 Å². The first-order valence-corrected chi connectivity index (χ1v) is 18.6. The van der Waals surface area contributed by atoms with Gasteiger partial charge in [0.25, 0.3) is 0 Å². The van der Waals surface area contributed by atoms with Gasteiger partial charge in [0.05, 0.1) is 9.58 Å². The third-order valence-electron chi connectivity index (χ3n) is 8.52. The molecule has 0 aliphatic heterocycles. The van der Waals surface area contributed by atoms with Crippen molar-refractivity contribution in [2.75, 3.05) is 0 Å². The fourth-order valence-electron chi connectivity index (χ4n) is 6.11. The highest BCUT2D eigenvalue weighted by Gasteiger charge is 2.27. The summed E-state index contributed by atoms with van der Waals surface area (Å²) in [5.41, 5.74) is 4.83. The fraction of sp³-hybridized carbons (Fsp3) is 0.237. The molecule has 222 valence electrons. The van der Waals surface area contributed by atoms with Crippen LogP contribution in [0, 0.1) is 19.7 Å². The van der Waals surface area contributed by atoms with E-state index in [1.165, 1.54) is 59.5 Å². The zero-order valence-corrected chi connectivity index (χ0v) is 28.4. The molecule has 0 amide bonds. The minimum absolute atomic E-state index is 0.0624. The van der Waals surface area contributed by atoms with E-state index in [4.69, 9.17) is 0 Å². The van der Waals surface area contributed by atoms with Gasteiger partial charge in [-0.1, -0.05) is 93.3 Å². The highest BCUT2D eigenvalue weighted by molar-refractivity contribution is 7.32. The highest BCUT2D eigenvalue weighted by Crippen LogP contribution is 2.53. The molecule has 1 nitrogen and oxygen atoms in total. The van der Waals surface area contributed by atoms with Crippen LogP contribution in [0.1, 0.15) is 66.2 Å².